The van der Waals surface area contributed by atoms with Gasteiger partial charge in [-0.1, -0.05) is 12.1 Å². The molecule has 0 heterocycles. The zero-order chi connectivity index (χ0) is 15.1. The van der Waals surface area contributed by atoms with E-state index in [-0.39, 0.29) is 18.0 Å². The van der Waals surface area contributed by atoms with Crippen molar-refractivity contribution in [2.45, 2.75) is 39.3 Å². The second-order valence-corrected chi connectivity index (χ2v) is 4.95. The van der Waals surface area contributed by atoms with E-state index in [4.69, 9.17) is 10.4 Å². The first-order chi connectivity index (χ1) is 9.45. The molecule has 1 N–H and O–H groups in total. The Morgan fingerprint density at radius 1 is 1.50 bits per heavy atom. The van der Waals surface area contributed by atoms with Crippen molar-refractivity contribution in [1.29, 1.82) is 5.26 Å². The van der Waals surface area contributed by atoms with Crippen LogP contribution in [0.5, 0.6) is 0 Å². The summed E-state index contributed by atoms with van der Waals surface area (Å²) in [6, 6.07) is 6.76. The van der Waals surface area contributed by atoms with Crippen LogP contribution in [0.1, 0.15) is 37.8 Å². The molecule has 20 heavy (non-hydrogen) atoms. The number of benzene rings is 1. The molecule has 0 aliphatic rings. The zero-order valence-electron chi connectivity index (χ0n) is 11.8. The molecule has 0 unspecified atom stereocenters. The zero-order valence-corrected chi connectivity index (χ0v) is 11.8. The van der Waals surface area contributed by atoms with Crippen LogP contribution in [0.4, 0.5) is 4.39 Å². The molecule has 0 fully saturated rings. The molecule has 5 heteroatoms. The molecular weight excluding hydrogens is 259 g/mol. The van der Waals surface area contributed by atoms with Crippen LogP contribution < -0.4 is 0 Å². The highest BCUT2D eigenvalue weighted by Crippen LogP contribution is 2.16. The molecule has 0 bridgehead atoms. The van der Waals surface area contributed by atoms with Crippen LogP contribution in [0.25, 0.3) is 0 Å². The summed E-state index contributed by atoms with van der Waals surface area (Å²) in [7, 11) is 0. The highest BCUT2D eigenvalue weighted by molar-refractivity contribution is 5.66. The number of nitrogens with zero attached hydrogens (tertiary/aromatic N) is 2. The van der Waals surface area contributed by atoms with Crippen molar-refractivity contribution in [3.05, 3.63) is 35.1 Å². The first kappa shape index (κ1) is 16.1. The first-order valence-corrected chi connectivity index (χ1v) is 6.59. The van der Waals surface area contributed by atoms with E-state index in [2.05, 4.69) is 0 Å². The number of carboxylic acids is 1. The van der Waals surface area contributed by atoms with Gasteiger partial charge >= 0.3 is 5.97 Å². The summed E-state index contributed by atoms with van der Waals surface area (Å²) in [6.45, 7) is 4.92. The fraction of sp³-hybridized carbons (Fsp3) is 0.467. The largest absolute Gasteiger partial charge is 0.481 e. The van der Waals surface area contributed by atoms with Crippen LogP contribution in [0.15, 0.2) is 18.2 Å². The van der Waals surface area contributed by atoms with E-state index in [1.807, 2.05) is 24.8 Å². The van der Waals surface area contributed by atoms with Crippen LogP contribution in [-0.2, 0) is 11.3 Å². The standard InChI is InChI=1S/C15H19FN2O2/c1-11(2)18(8-4-7-14(19)20)10-13-6-3-5-12(9-17)15(13)16/h3,5-6,11H,4,7-8,10H2,1-2H3,(H,19,20). The summed E-state index contributed by atoms with van der Waals surface area (Å²) < 4.78 is 14.0. The molecule has 1 aromatic rings. The van der Waals surface area contributed by atoms with Crippen LogP contribution in [0.2, 0.25) is 0 Å². The third-order valence-electron chi connectivity index (χ3n) is 3.14. The summed E-state index contributed by atoms with van der Waals surface area (Å²) in [4.78, 5) is 12.5. The van der Waals surface area contributed by atoms with Crippen molar-refractivity contribution >= 4 is 5.97 Å². The van der Waals surface area contributed by atoms with Crippen LogP contribution in [-0.4, -0.2) is 28.6 Å². The maximum Gasteiger partial charge on any atom is 0.303 e. The van der Waals surface area contributed by atoms with Crippen molar-refractivity contribution in [1.82, 2.24) is 4.90 Å². The number of aliphatic carboxylic acids is 1. The average Bonchev–Trinajstić information content (AvgIpc) is 2.39. The first-order valence-electron chi connectivity index (χ1n) is 6.59. The number of rotatable bonds is 7. The van der Waals surface area contributed by atoms with Crippen LogP contribution in [0.3, 0.4) is 0 Å². The fourth-order valence-corrected chi connectivity index (χ4v) is 1.96. The van der Waals surface area contributed by atoms with Crippen LogP contribution >= 0.6 is 0 Å². The van der Waals surface area contributed by atoms with E-state index in [0.717, 1.165) is 0 Å². The predicted molar refractivity (Wildman–Crippen MR) is 73.5 cm³/mol. The van der Waals surface area contributed by atoms with Gasteiger partial charge < -0.3 is 5.11 Å². The molecular formula is C15H19FN2O2. The lowest BCUT2D eigenvalue weighted by Gasteiger charge is -2.26. The topological polar surface area (TPSA) is 64.3 Å². The predicted octanol–water partition coefficient (Wildman–Crippen LogP) is 2.77. The summed E-state index contributed by atoms with van der Waals surface area (Å²) in [5, 5.41) is 17.5. The van der Waals surface area contributed by atoms with Crippen molar-refractivity contribution in [2.24, 2.45) is 0 Å². The maximum absolute atomic E-state index is 14.0. The molecule has 0 radical (unpaired) electrons. The monoisotopic (exact) mass is 278 g/mol. The number of hydrogen-bond acceptors (Lipinski definition) is 3. The van der Waals surface area contributed by atoms with E-state index >= 15 is 0 Å². The summed E-state index contributed by atoms with van der Waals surface area (Å²) in [5.41, 5.74) is 0.504. The van der Waals surface area contributed by atoms with E-state index in [1.165, 1.54) is 6.07 Å². The Hall–Kier alpha value is -1.93. The Morgan fingerprint density at radius 3 is 2.75 bits per heavy atom. The minimum Gasteiger partial charge on any atom is -0.481 e. The van der Waals surface area contributed by atoms with Gasteiger partial charge in [0, 0.05) is 24.6 Å². The van der Waals surface area contributed by atoms with Gasteiger partial charge in [-0.25, -0.2) is 4.39 Å². The average molecular weight is 278 g/mol. The normalized spacial score (nSPS) is 10.8. The summed E-state index contributed by atoms with van der Waals surface area (Å²) >= 11 is 0. The minimum atomic E-state index is -0.827. The Bertz CT molecular complexity index is 509. The molecule has 0 saturated carbocycles. The van der Waals surface area contributed by atoms with Gasteiger partial charge in [-0.2, -0.15) is 5.26 Å². The molecule has 1 rings (SSSR count). The van der Waals surface area contributed by atoms with Gasteiger partial charge in [-0.3, -0.25) is 9.69 Å². The lowest BCUT2D eigenvalue weighted by Crippen LogP contribution is -2.32. The molecule has 0 saturated heterocycles. The number of halogens is 1. The Balaban J connectivity index is 2.76. The molecule has 4 nitrogen and oxygen atoms in total. The van der Waals surface area contributed by atoms with E-state index in [1.54, 1.807) is 12.1 Å². The Morgan fingerprint density at radius 2 is 2.20 bits per heavy atom. The second-order valence-electron chi connectivity index (χ2n) is 4.95. The molecule has 1 aromatic carbocycles. The third kappa shape index (κ3) is 4.63. The molecule has 0 aliphatic heterocycles. The molecule has 0 atom stereocenters. The molecule has 0 aromatic heterocycles. The van der Waals surface area contributed by atoms with Gasteiger partial charge in [0.25, 0.3) is 0 Å². The fourth-order valence-electron chi connectivity index (χ4n) is 1.96. The maximum atomic E-state index is 14.0. The second kappa shape index (κ2) is 7.61. The number of carbonyl (C=O) groups is 1. The number of carboxylic acid groups (broad SMARTS) is 1. The Kier molecular flexibility index (Phi) is 6.13. The van der Waals surface area contributed by atoms with E-state index in [9.17, 15) is 9.18 Å². The van der Waals surface area contributed by atoms with Gasteiger partial charge in [-0.15, -0.1) is 0 Å². The molecule has 0 spiro atoms. The quantitative estimate of drug-likeness (QED) is 0.833. The smallest absolute Gasteiger partial charge is 0.303 e. The summed E-state index contributed by atoms with van der Waals surface area (Å²) in [6.07, 6.45) is 0.622. The molecule has 108 valence electrons. The Labute approximate surface area is 118 Å². The van der Waals surface area contributed by atoms with Gasteiger partial charge in [0.05, 0.1) is 5.56 Å². The van der Waals surface area contributed by atoms with Gasteiger partial charge in [0.15, 0.2) is 0 Å². The van der Waals surface area contributed by atoms with E-state index < -0.39 is 11.8 Å². The lowest BCUT2D eigenvalue weighted by molar-refractivity contribution is -0.137. The number of nitriles is 1. The van der Waals surface area contributed by atoms with Gasteiger partial charge in [-0.05, 0) is 32.9 Å². The van der Waals surface area contributed by atoms with Crippen LogP contribution in [0, 0.1) is 17.1 Å². The highest BCUT2D eigenvalue weighted by Gasteiger charge is 2.14. The molecule has 0 aliphatic carbocycles. The van der Waals surface area contributed by atoms with Crippen molar-refractivity contribution < 1.29 is 14.3 Å². The lowest BCUT2D eigenvalue weighted by atomic mass is 10.1. The van der Waals surface area contributed by atoms with Crippen molar-refractivity contribution in [3.8, 4) is 6.07 Å². The van der Waals surface area contributed by atoms with Crippen molar-refractivity contribution in [2.75, 3.05) is 6.54 Å². The van der Waals surface area contributed by atoms with Gasteiger partial charge in [0.2, 0.25) is 0 Å². The highest BCUT2D eigenvalue weighted by atomic mass is 19.1. The van der Waals surface area contributed by atoms with Gasteiger partial charge in [0.1, 0.15) is 11.9 Å². The molecule has 0 amide bonds. The minimum absolute atomic E-state index is 0.0387. The summed E-state index contributed by atoms with van der Waals surface area (Å²) in [5.74, 6) is -1.31. The SMILES string of the molecule is CC(C)N(CCCC(=O)O)Cc1cccc(C#N)c1F. The third-order valence-corrected chi connectivity index (χ3v) is 3.14. The number of hydrogen-bond donors (Lipinski definition) is 1. The van der Waals surface area contributed by atoms with E-state index in [0.29, 0.717) is 25.1 Å². The van der Waals surface area contributed by atoms with Crippen molar-refractivity contribution in [3.63, 3.8) is 0 Å².